The summed E-state index contributed by atoms with van der Waals surface area (Å²) in [5, 5.41) is 1.75. The van der Waals surface area contributed by atoms with Gasteiger partial charge in [-0.2, -0.15) is 0 Å². The van der Waals surface area contributed by atoms with Crippen LogP contribution in [0, 0.1) is 6.92 Å². The standard InChI is InChI=1S/C10H16N4/c1-8-6-4-5-7-9(8)12-10(11)13-14(2)3/h4-7H,1-3H3,(H3,11,12,13). The third-order valence-corrected chi connectivity index (χ3v) is 1.69. The molecule has 3 N–H and O–H groups in total. The molecule has 0 bridgehead atoms. The zero-order chi connectivity index (χ0) is 10.6. The number of rotatable bonds is 2. The molecule has 1 aromatic carbocycles. The zero-order valence-corrected chi connectivity index (χ0v) is 8.78. The van der Waals surface area contributed by atoms with Crippen LogP contribution in [0.1, 0.15) is 5.56 Å². The maximum Gasteiger partial charge on any atom is 0.208 e. The van der Waals surface area contributed by atoms with E-state index < -0.39 is 0 Å². The van der Waals surface area contributed by atoms with Crippen LogP contribution in [0.4, 0.5) is 5.69 Å². The number of aliphatic imine (C=N–C) groups is 1. The Hall–Kier alpha value is -1.55. The molecule has 1 rings (SSSR count). The van der Waals surface area contributed by atoms with E-state index in [9.17, 15) is 0 Å². The lowest BCUT2D eigenvalue weighted by atomic mass is 10.2. The molecular formula is C10H16N4. The van der Waals surface area contributed by atoms with E-state index in [1.165, 1.54) is 0 Å². The van der Waals surface area contributed by atoms with Gasteiger partial charge in [-0.05, 0) is 18.6 Å². The van der Waals surface area contributed by atoms with Crippen molar-refractivity contribution in [3.63, 3.8) is 0 Å². The van der Waals surface area contributed by atoms with Crippen LogP contribution in [-0.4, -0.2) is 25.1 Å². The normalized spacial score (nSPS) is 11.9. The van der Waals surface area contributed by atoms with Crippen molar-refractivity contribution in [3.05, 3.63) is 29.8 Å². The van der Waals surface area contributed by atoms with E-state index in [2.05, 4.69) is 10.4 Å². The van der Waals surface area contributed by atoms with Gasteiger partial charge in [-0.3, -0.25) is 5.43 Å². The van der Waals surface area contributed by atoms with Crippen molar-refractivity contribution in [3.8, 4) is 0 Å². The maximum atomic E-state index is 5.67. The van der Waals surface area contributed by atoms with Gasteiger partial charge in [0.25, 0.3) is 0 Å². The van der Waals surface area contributed by atoms with Crippen LogP contribution in [0.5, 0.6) is 0 Å². The van der Waals surface area contributed by atoms with Crippen molar-refractivity contribution in [1.29, 1.82) is 0 Å². The molecule has 0 fully saturated rings. The third kappa shape index (κ3) is 3.06. The van der Waals surface area contributed by atoms with Gasteiger partial charge in [0.05, 0.1) is 5.69 Å². The molecule has 0 saturated heterocycles. The number of benzene rings is 1. The Morgan fingerprint density at radius 2 is 2.00 bits per heavy atom. The molecule has 0 aliphatic rings. The molecule has 0 aliphatic heterocycles. The fourth-order valence-electron chi connectivity index (χ4n) is 1.07. The van der Waals surface area contributed by atoms with E-state index in [-0.39, 0.29) is 0 Å². The first-order valence-electron chi connectivity index (χ1n) is 4.43. The Labute approximate surface area is 84.4 Å². The van der Waals surface area contributed by atoms with Gasteiger partial charge in [0.2, 0.25) is 5.96 Å². The number of hydrogen-bond acceptors (Lipinski definition) is 2. The van der Waals surface area contributed by atoms with Crippen LogP contribution < -0.4 is 11.2 Å². The number of nitrogens with one attached hydrogen (secondary N) is 1. The Bertz CT molecular complexity index is 331. The summed E-state index contributed by atoms with van der Waals surface area (Å²) in [6, 6.07) is 7.85. The molecule has 0 aromatic heterocycles. The summed E-state index contributed by atoms with van der Waals surface area (Å²) < 4.78 is 0. The first-order chi connectivity index (χ1) is 6.59. The molecule has 14 heavy (non-hydrogen) atoms. The van der Waals surface area contributed by atoms with E-state index >= 15 is 0 Å². The number of hydrazine groups is 1. The van der Waals surface area contributed by atoms with E-state index in [0.717, 1.165) is 11.3 Å². The fraction of sp³-hybridized carbons (Fsp3) is 0.300. The van der Waals surface area contributed by atoms with Gasteiger partial charge in [-0.15, -0.1) is 0 Å². The lowest BCUT2D eigenvalue weighted by Gasteiger charge is -2.12. The Morgan fingerprint density at radius 1 is 1.36 bits per heavy atom. The second-order valence-electron chi connectivity index (χ2n) is 3.29. The Balaban J connectivity index is 2.81. The molecule has 0 atom stereocenters. The molecule has 0 aliphatic carbocycles. The number of hydrogen-bond donors (Lipinski definition) is 2. The molecule has 4 nitrogen and oxygen atoms in total. The molecule has 0 amide bonds. The predicted octanol–water partition coefficient (Wildman–Crippen LogP) is 1.01. The average molecular weight is 192 g/mol. The molecule has 1 aromatic rings. The van der Waals surface area contributed by atoms with Crippen LogP contribution in [0.3, 0.4) is 0 Å². The van der Waals surface area contributed by atoms with E-state index in [4.69, 9.17) is 5.73 Å². The zero-order valence-electron chi connectivity index (χ0n) is 8.78. The third-order valence-electron chi connectivity index (χ3n) is 1.69. The van der Waals surface area contributed by atoms with E-state index in [1.54, 1.807) is 5.01 Å². The molecule has 0 unspecified atom stereocenters. The summed E-state index contributed by atoms with van der Waals surface area (Å²) in [6.07, 6.45) is 0. The highest BCUT2D eigenvalue weighted by molar-refractivity contribution is 5.80. The van der Waals surface area contributed by atoms with Gasteiger partial charge < -0.3 is 5.73 Å². The molecular weight excluding hydrogens is 176 g/mol. The van der Waals surface area contributed by atoms with Gasteiger partial charge in [-0.25, -0.2) is 10.0 Å². The van der Waals surface area contributed by atoms with E-state index in [1.807, 2.05) is 45.3 Å². The summed E-state index contributed by atoms with van der Waals surface area (Å²) in [7, 11) is 3.72. The number of guanidine groups is 1. The molecule has 4 heteroatoms. The van der Waals surface area contributed by atoms with Crippen molar-refractivity contribution < 1.29 is 0 Å². The Kier molecular flexibility index (Phi) is 3.48. The molecule has 0 saturated carbocycles. The van der Waals surface area contributed by atoms with Crippen molar-refractivity contribution in [2.75, 3.05) is 14.1 Å². The summed E-state index contributed by atoms with van der Waals surface area (Å²) in [4.78, 5) is 4.24. The highest BCUT2D eigenvalue weighted by atomic mass is 15.5. The summed E-state index contributed by atoms with van der Waals surface area (Å²) in [5.74, 6) is 0.393. The first kappa shape index (κ1) is 10.5. The molecule has 0 radical (unpaired) electrons. The first-order valence-corrected chi connectivity index (χ1v) is 4.43. The van der Waals surface area contributed by atoms with Crippen molar-refractivity contribution in [2.45, 2.75) is 6.92 Å². The van der Waals surface area contributed by atoms with Gasteiger partial charge in [0, 0.05) is 14.1 Å². The second-order valence-corrected chi connectivity index (χ2v) is 3.29. The van der Waals surface area contributed by atoms with Gasteiger partial charge in [0.1, 0.15) is 0 Å². The minimum absolute atomic E-state index is 0.393. The van der Waals surface area contributed by atoms with Gasteiger partial charge in [0.15, 0.2) is 0 Å². The molecule has 76 valence electrons. The fourth-order valence-corrected chi connectivity index (χ4v) is 1.07. The minimum atomic E-state index is 0.393. The lowest BCUT2D eigenvalue weighted by molar-refractivity contribution is 0.360. The summed E-state index contributed by atoms with van der Waals surface area (Å²) >= 11 is 0. The van der Waals surface area contributed by atoms with Crippen LogP contribution in [-0.2, 0) is 0 Å². The Morgan fingerprint density at radius 3 is 2.57 bits per heavy atom. The van der Waals surface area contributed by atoms with Crippen LogP contribution in [0.25, 0.3) is 0 Å². The summed E-state index contributed by atoms with van der Waals surface area (Å²) in [5.41, 5.74) is 10.5. The van der Waals surface area contributed by atoms with Crippen LogP contribution in [0.2, 0.25) is 0 Å². The predicted molar refractivity (Wildman–Crippen MR) is 59.3 cm³/mol. The van der Waals surface area contributed by atoms with Crippen molar-refractivity contribution >= 4 is 11.6 Å². The summed E-state index contributed by atoms with van der Waals surface area (Å²) in [6.45, 7) is 2.00. The van der Waals surface area contributed by atoms with E-state index in [0.29, 0.717) is 5.96 Å². The second kappa shape index (κ2) is 4.62. The van der Waals surface area contributed by atoms with Crippen LogP contribution in [0.15, 0.2) is 29.3 Å². The highest BCUT2D eigenvalue weighted by Crippen LogP contribution is 2.16. The van der Waals surface area contributed by atoms with Gasteiger partial charge in [-0.1, -0.05) is 18.2 Å². The number of nitrogens with two attached hydrogens (primary N) is 1. The number of nitrogens with zero attached hydrogens (tertiary/aromatic N) is 2. The highest BCUT2D eigenvalue weighted by Gasteiger charge is 1.96. The van der Waals surface area contributed by atoms with Crippen LogP contribution >= 0.6 is 0 Å². The molecule has 0 spiro atoms. The van der Waals surface area contributed by atoms with Crippen molar-refractivity contribution in [2.24, 2.45) is 10.7 Å². The number of aryl methyl sites for hydroxylation is 1. The largest absolute Gasteiger partial charge is 0.369 e. The number of para-hydroxylation sites is 1. The molecule has 0 heterocycles. The maximum absolute atomic E-state index is 5.67. The average Bonchev–Trinajstić information content (AvgIpc) is 2.07. The lowest BCUT2D eigenvalue weighted by Crippen LogP contribution is -2.41. The van der Waals surface area contributed by atoms with Gasteiger partial charge >= 0.3 is 0 Å². The smallest absolute Gasteiger partial charge is 0.208 e. The van der Waals surface area contributed by atoms with Crippen molar-refractivity contribution in [1.82, 2.24) is 10.4 Å². The minimum Gasteiger partial charge on any atom is -0.369 e. The quantitative estimate of drug-likeness (QED) is 0.417. The topological polar surface area (TPSA) is 53.6 Å². The SMILES string of the molecule is Cc1ccccc1N=C(N)NN(C)C. The monoisotopic (exact) mass is 192 g/mol.